The van der Waals surface area contributed by atoms with E-state index in [4.69, 9.17) is 0 Å². The Kier molecular flexibility index (Phi) is 3.65. The van der Waals surface area contributed by atoms with E-state index in [0.717, 1.165) is 10.9 Å². The number of carbonyl (C=O) groups is 2. The molecule has 1 aromatic heterocycles. The minimum atomic E-state index is -1.42. The van der Waals surface area contributed by atoms with Gasteiger partial charge in [0.2, 0.25) is 4.87 Å². The van der Waals surface area contributed by atoms with Crippen LogP contribution in [0.4, 0.5) is 0 Å². The molecule has 0 aliphatic carbocycles. The van der Waals surface area contributed by atoms with Crippen molar-refractivity contribution in [3.63, 3.8) is 0 Å². The van der Waals surface area contributed by atoms with Crippen molar-refractivity contribution in [1.82, 2.24) is 15.2 Å². The van der Waals surface area contributed by atoms with Crippen molar-refractivity contribution in [1.29, 1.82) is 0 Å². The van der Waals surface area contributed by atoms with E-state index in [-0.39, 0.29) is 17.7 Å². The zero-order valence-corrected chi connectivity index (χ0v) is 15.7. The Hall–Kier alpha value is -1.64. The van der Waals surface area contributed by atoms with Crippen LogP contribution in [-0.4, -0.2) is 43.6 Å². The van der Waals surface area contributed by atoms with Gasteiger partial charge >= 0.3 is 0 Å². The first-order valence-corrected chi connectivity index (χ1v) is 10.2. The van der Waals surface area contributed by atoms with Gasteiger partial charge in [-0.15, -0.1) is 0 Å². The maximum Gasteiger partial charge on any atom is 0.264 e. The molecule has 25 heavy (non-hydrogen) atoms. The van der Waals surface area contributed by atoms with Crippen LogP contribution in [0.15, 0.2) is 30.5 Å². The summed E-state index contributed by atoms with van der Waals surface area (Å²) < 4.78 is 0. The van der Waals surface area contributed by atoms with Crippen molar-refractivity contribution in [2.24, 2.45) is 5.92 Å². The summed E-state index contributed by atoms with van der Waals surface area (Å²) in [6.07, 6.45) is 0.540. The van der Waals surface area contributed by atoms with E-state index in [9.17, 15) is 14.7 Å². The Morgan fingerprint density at radius 2 is 1.92 bits per heavy atom. The summed E-state index contributed by atoms with van der Waals surface area (Å²) in [5.74, 6) is -0.558. The third-order valence-corrected chi connectivity index (χ3v) is 8.96. The standard InChI is InChI=1S/C17H19N3O3S2/c1-9(2)17-14(22)19-16(24-25-17,15(23)20(17)3)13(21)11-8-18-12-7-5-4-6-10(11)12/h4-9,13,18,21H,1-3H3,(H,19,22)/t13-,16-,17-/m0/s1. The first kappa shape index (κ1) is 16.8. The van der Waals surface area contributed by atoms with Crippen molar-refractivity contribution in [2.75, 3.05) is 7.05 Å². The minimum Gasteiger partial charge on any atom is -0.384 e. The molecule has 2 aromatic rings. The van der Waals surface area contributed by atoms with E-state index >= 15 is 0 Å². The predicted molar refractivity (Wildman–Crippen MR) is 99.7 cm³/mol. The van der Waals surface area contributed by atoms with Crippen LogP contribution in [0.5, 0.6) is 0 Å². The second-order valence-corrected chi connectivity index (χ2v) is 9.36. The molecule has 0 saturated carbocycles. The smallest absolute Gasteiger partial charge is 0.264 e. The molecule has 132 valence electrons. The highest BCUT2D eigenvalue weighted by atomic mass is 33.1. The maximum atomic E-state index is 13.1. The lowest BCUT2D eigenvalue weighted by atomic mass is 9.92. The van der Waals surface area contributed by atoms with Gasteiger partial charge in [0, 0.05) is 29.7 Å². The topological polar surface area (TPSA) is 85.4 Å². The summed E-state index contributed by atoms with van der Waals surface area (Å²) in [5, 5.41) is 14.8. The van der Waals surface area contributed by atoms with Crippen molar-refractivity contribution >= 4 is 44.3 Å². The zero-order chi connectivity index (χ0) is 18.0. The number of hydrogen-bond donors (Lipinski definition) is 3. The van der Waals surface area contributed by atoms with Crippen LogP contribution >= 0.6 is 21.6 Å². The molecule has 3 fully saturated rings. The van der Waals surface area contributed by atoms with Gasteiger partial charge in [-0.25, -0.2) is 0 Å². The monoisotopic (exact) mass is 377 g/mol. The number of nitrogens with one attached hydrogen (secondary N) is 2. The van der Waals surface area contributed by atoms with Gasteiger partial charge in [0.05, 0.1) is 0 Å². The number of amides is 2. The number of aromatic amines is 1. The van der Waals surface area contributed by atoms with E-state index in [2.05, 4.69) is 10.3 Å². The van der Waals surface area contributed by atoms with Gasteiger partial charge in [0.15, 0.2) is 4.87 Å². The van der Waals surface area contributed by atoms with Crippen molar-refractivity contribution in [2.45, 2.75) is 29.7 Å². The molecule has 4 heterocycles. The molecule has 1 aromatic carbocycles. The van der Waals surface area contributed by atoms with Gasteiger partial charge in [0.1, 0.15) is 6.10 Å². The average Bonchev–Trinajstić information content (AvgIpc) is 3.02. The average molecular weight is 377 g/mol. The summed E-state index contributed by atoms with van der Waals surface area (Å²) in [6.45, 7) is 3.84. The number of carbonyl (C=O) groups excluding carboxylic acids is 2. The highest BCUT2D eigenvalue weighted by Crippen LogP contribution is 2.60. The normalized spacial score (nSPS) is 30.2. The van der Waals surface area contributed by atoms with E-state index in [1.165, 1.54) is 26.5 Å². The summed E-state index contributed by atoms with van der Waals surface area (Å²) in [6, 6.07) is 7.57. The third kappa shape index (κ3) is 1.98. The molecule has 3 atom stereocenters. The van der Waals surface area contributed by atoms with Crippen LogP contribution in [0.25, 0.3) is 10.9 Å². The van der Waals surface area contributed by atoms with Gasteiger partial charge in [-0.3, -0.25) is 9.59 Å². The predicted octanol–water partition coefficient (Wildman–Crippen LogP) is 2.23. The van der Waals surface area contributed by atoms with Gasteiger partial charge in [-0.1, -0.05) is 42.8 Å². The minimum absolute atomic E-state index is 0.0533. The fourth-order valence-electron chi connectivity index (χ4n) is 3.66. The third-order valence-electron chi connectivity index (χ3n) is 5.13. The number of nitrogens with zero attached hydrogens (tertiary/aromatic N) is 1. The second-order valence-electron chi connectivity index (χ2n) is 6.76. The van der Waals surface area contributed by atoms with Crippen molar-refractivity contribution in [3.05, 3.63) is 36.0 Å². The molecule has 3 saturated heterocycles. The van der Waals surface area contributed by atoms with E-state index in [0.29, 0.717) is 5.56 Å². The largest absolute Gasteiger partial charge is 0.384 e. The van der Waals surface area contributed by atoms with Gasteiger partial charge in [0.25, 0.3) is 11.8 Å². The number of piperazine rings is 1. The van der Waals surface area contributed by atoms with Crippen LogP contribution in [-0.2, 0) is 9.59 Å². The Bertz CT molecular complexity index is 883. The molecule has 8 heteroatoms. The quantitative estimate of drug-likeness (QED) is 0.714. The van der Waals surface area contributed by atoms with Gasteiger partial charge in [-0.05, 0) is 22.8 Å². The molecular formula is C17H19N3O3S2. The Labute approximate surface area is 153 Å². The number of rotatable bonds is 3. The number of aromatic nitrogens is 1. The van der Waals surface area contributed by atoms with E-state index < -0.39 is 15.8 Å². The van der Waals surface area contributed by atoms with Crippen molar-refractivity contribution < 1.29 is 14.7 Å². The summed E-state index contributed by atoms with van der Waals surface area (Å²) in [7, 11) is 4.25. The molecule has 5 rings (SSSR count). The van der Waals surface area contributed by atoms with E-state index in [1.54, 1.807) is 13.2 Å². The van der Waals surface area contributed by atoms with Crippen LogP contribution < -0.4 is 5.32 Å². The highest BCUT2D eigenvalue weighted by molar-refractivity contribution is 8.78. The molecular weight excluding hydrogens is 358 g/mol. The Morgan fingerprint density at radius 1 is 1.20 bits per heavy atom. The number of para-hydroxylation sites is 1. The molecule has 0 radical (unpaired) electrons. The molecule has 3 N–H and O–H groups in total. The molecule has 0 spiro atoms. The lowest BCUT2D eigenvalue weighted by Gasteiger charge is -2.57. The van der Waals surface area contributed by atoms with Gasteiger partial charge in [-0.2, -0.15) is 0 Å². The fourth-order valence-corrected chi connectivity index (χ4v) is 7.52. The lowest BCUT2D eigenvalue weighted by molar-refractivity contribution is -0.157. The first-order chi connectivity index (χ1) is 11.8. The van der Waals surface area contributed by atoms with Crippen molar-refractivity contribution in [3.8, 4) is 0 Å². The van der Waals surface area contributed by atoms with Crippen LogP contribution in [0, 0.1) is 5.92 Å². The number of H-pyrrole nitrogens is 1. The number of fused-ring (bicyclic) bond motifs is 4. The summed E-state index contributed by atoms with van der Waals surface area (Å²) in [5.41, 5.74) is 1.48. The number of likely N-dealkylation sites (N-methyl/N-ethyl adjacent to an activating group) is 1. The first-order valence-electron chi connectivity index (χ1n) is 8.06. The molecule has 2 amide bonds. The molecule has 6 nitrogen and oxygen atoms in total. The number of aliphatic hydroxyl groups excluding tert-OH is 1. The summed E-state index contributed by atoms with van der Waals surface area (Å²) >= 11 is 0. The zero-order valence-electron chi connectivity index (χ0n) is 14.1. The molecule has 0 unspecified atom stereocenters. The molecule has 3 aliphatic rings. The van der Waals surface area contributed by atoms with Crippen LogP contribution in [0.1, 0.15) is 25.5 Å². The lowest BCUT2D eigenvalue weighted by Crippen LogP contribution is -2.78. The number of hydrogen-bond acceptors (Lipinski definition) is 5. The van der Waals surface area contributed by atoms with Crippen LogP contribution in [0.3, 0.4) is 0 Å². The molecule has 2 bridgehead atoms. The SMILES string of the molecule is CC(C)[C@]12SS[C@]([C@@H](O)c3c[nH]c4ccccc34)(NC1=O)C(=O)N2C. The van der Waals surface area contributed by atoms with Crippen LogP contribution in [0.2, 0.25) is 0 Å². The number of benzene rings is 1. The fraction of sp³-hybridized carbons (Fsp3) is 0.412. The second kappa shape index (κ2) is 5.43. The van der Waals surface area contributed by atoms with E-state index in [1.807, 2.05) is 38.1 Å². The maximum absolute atomic E-state index is 13.1. The Balaban J connectivity index is 1.80. The summed E-state index contributed by atoms with van der Waals surface area (Å²) in [4.78, 5) is 28.3. The molecule has 3 aliphatic heterocycles. The number of aliphatic hydroxyl groups is 1. The highest BCUT2D eigenvalue weighted by Gasteiger charge is 2.68. The Morgan fingerprint density at radius 3 is 2.60 bits per heavy atom. The van der Waals surface area contributed by atoms with Gasteiger partial charge < -0.3 is 20.3 Å².